The van der Waals surface area contributed by atoms with E-state index in [9.17, 15) is 4.79 Å². The van der Waals surface area contributed by atoms with Gasteiger partial charge in [0.05, 0.1) is 6.61 Å². The number of benzene rings is 1. The predicted molar refractivity (Wildman–Crippen MR) is 73.7 cm³/mol. The van der Waals surface area contributed by atoms with Crippen LogP contribution in [0.25, 0.3) is 0 Å². The van der Waals surface area contributed by atoms with Gasteiger partial charge >= 0.3 is 6.09 Å². The molecule has 0 aliphatic heterocycles. The largest absolute Gasteiger partial charge is 0.449 e. The van der Waals surface area contributed by atoms with Crippen molar-refractivity contribution in [3.8, 4) is 0 Å². The van der Waals surface area contributed by atoms with Gasteiger partial charge in [0.25, 0.3) is 0 Å². The number of rotatable bonds is 5. The molecule has 1 unspecified atom stereocenters. The molecule has 0 aromatic heterocycles. The topological polar surface area (TPSA) is 50.4 Å². The second kappa shape index (κ2) is 7.01. The summed E-state index contributed by atoms with van der Waals surface area (Å²) in [6.07, 6.45) is -0.405. The fourth-order valence-electron chi connectivity index (χ4n) is 1.45. The molecule has 4 nitrogen and oxygen atoms in total. The third kappa shape index (κ3) is 4.75. The molecule has 0 aliphatic rings. The standard InChI is InChI=1S/C14H22N2O2/c1-10(2)9-18-14(17)16-13-7-5-6-12(8-13)11(3)15-4/h5-8,10-11,15H,9H2,1-4H3,(H,16,17). The molecule has 4 heteroatoms. The monoisotopic (exact) mass is 250 g/mol. The SMILES string of the molecule is CNC(C)c1cccc(NC(=O)OCC(C)C)c1. The van der Waals surface area contributed by atoms with Crippen molar-refractivity contribution in [1.82, 2.24) is 5.32 Å². The van der Waals surface area contributed by atoms with Gasteiger partial charge in [0.15, 0.2) is 0 Å². The maximum Gasteiger partial charge on any atom is 0.411 e. The number of nitrogens with one attached hydrogen (secondary N) is 2. The quantitative estimate of drug-likeness (QED) is 0.844. The lowest BCUT2D eigenvalue weighted by molar-refractivity contribution is 0.147. The second-order valence-electron chi connectivity index (χ2n) is 4.75. The van der Waals surface area contributed by atoms with Gasteiger partial charge in [0.2, 0.25) is 0 Å². The Labute approximate surface area is 109 Å². The summed E-state index contributed by atoms with van der Waals surface area (Å²) in [7, 11) is 1.90. The number of anilines is 1. The van der Waals surface area contributed by atoms with E-state index in [4.69, 9.17) is 4.74 Å². The van der Waals surface area contributed by atoms with Crippen LogP contribution < -0.4 is 10.6 Å². The molecular formula is C14H22N2O2. The molecule has 1 aromatic carbocycles. The number of hydrogen-bond acceptors (Lipinski definition) is 3. The molecule has 0 radical (unpaired) electrons. The lowest BCUT2D eigenvalue weighted by Gasteiger charge is -2.13. The van der Waals surface area contributed by atoms with E-state index in [1.807, 2.05) is 45.2 Å². The number of amides is 1. The fourth-order valence-corrected chi connectivity index (χ4v) is 1.45. The first kappa shape index (κ1) is 14.5. The van der Waals surface area contributed by atoms with E-state index < -0.39 is 6.09 Å². The summed E-state index contributed by atoms with van der Waals surface area (Å²) in [6, 6.07) is 7.98. The van der Waals surface area contributed by atoms with Crippen LogP contribution in [-0.2, 0) is 4.74 Å². The lowest BCUT2D eigenvalue weighted by atomic mass is 10.1. The molecular weight excluding hydrogens is 228 g/mol. The maximum atomic E-state index is 11.5. The van der Waals surface area contributed by atoms with Gasteiger partial charge in [-0.05, 0) is 37.6 Å². The summed E-state index contributed by atoms with van der Waals surface area (Å²) in [5.41, 5.74) is 1.88. The maximum absolute atomic E-state index is 11.5. The third-order valence-electron chi connectivity index (χ3n) is 2.61. The Balaban J connectivity index is 2.59. The van der Waals surface area contributed by atoms with Crippen molar-refractivity contribution in [1.29, 1.82) is 0 Å². The Hall–Kier alpha value is -1.55. The van der Waals surface area contributed by atoms with E-state index >= 15 is 0 Å². The summed E-state index contributed by atoms with van der Waals surface area (Å²) >= 11 is 0. The minimum Gasteiger partial charge on any atom is -0.449 e. The first-order chi connectivity index (χ1) is 8.52. The average Bonchev–Trinajstić information content (AvgIpc) is 2.35. The van der Waals surface area contributed by atoms with Crippen LogP contribution in [0.4, 0.5) is 10.5 Å². The van der Waals surface area contributed by atoms with Crippen LogP contribution in [0, 0.1) is 5.92 Å². The van der Waals surface area contributed by atoms with Crippen LogP contribution in [0.5, 0.6) is 0 Å². The number of ether oxygens (including phenoxy) is 1. The van der Waals surface area contributed by atoms with Crippen LogP contribution >= 0.6 is 0 Å². The number of carbonyl (C=O) groups is 1. The molecule has 0 saturated heterocycles. The van der Waals surface area contributed by atoms with Crippen molar-refractivity contribution < 1.29 is 9.53 Å². The summed E-state index contributed by atoms with van der Waals surface area (Å²) in [4.78, 5) is 11.5. The van der Waals surface area contributed by atoms with Gasteiger partial charge in [-0.15, -0.1) is 0 Å². The third-order valence-corrected chi connectivity index (χ3v) is 2.61. The van der Waals surface area contributed by atoms with Gasteiger partial charge in [-0.3, -0.25) is 5.32 Å². The molecule has 0 aliphatic carbocycles. The Morgan fingerprint density at radius 3 is 2.67 bits per heavy atom. The van der Waals surface area contributed by atoms with Crippen molar-refractivity contribution in [2.45, 2.75) is 26.8 Å². The zero-order valence-corrected chi connectivity index (χ0v) is 11.5. The van der Waals surface area contributed by atoms with E-state index in [0.29, 0.717) is 12.5 Å². The van der Waals surface area contributed by atoms with Crippen LogP contribution in [0.3, 0.4) is 0 Å². The van der Waals surface area contributed by atoms with Crippen LogP contribution in [0.1, 0.15) is 32.4 Å². The first-order valence-corrected chi connectivity index (χ1v) is 6.24. The molecule has 2 N–H and O–H groups in total. The highest BCUT2D eigenvalue weighted by Crippen LogP contribution is 2.17. The van der Waals surface area contributed by atoms with Gasteiger partial charge in [-0.25, -0.2) is 4.79 Å². The second-order valence-corrected chi connectivity index (χ2v) is 4.75. The van der Waals surface area contributed by atoms with Gasteiger partial charge in [-0.2, -0.15) is 0 Å². The van der Waals surface area contributed by atoms with E-state index in [0.717, 1.165) is 11.3 Å². The van der Waals surface area contributed by atoms with Gasteiger partial charge < -0.3 is 10.1 Å². The molecule has 1 rings (SSSR count). The number of hydrogen-bond donors (Lipinski definition) is 2. The smallest absolute Gasteiger partial charge is 0.411 e. The van der Waals surface area contributed by atoms with Gasteiger partial charge in [0.1, 0.15) is 0 Å². The minimum absolute atomic E-state index is 0.249. The Bertz CT molecular complexity index is 391. The zero-order chi connectivity index (χ0) is 13.5. The minimum atomic E-state index is -0.405. The highest BCUT2D eigenvalue weighted by Gasteiger charge is 2.07. The molecule has 0 spiro atoms. The Kier molecular flexibility index (Phi) is 5.65. The summed E-state index contributed by atoms with van der Waals surface area (Å²) in [5.74, 6) is 0.339. The average molecular weight is 250 g/mol. The van der Waals surface area contributed by atoms with Crippen molar-refractivity contribution in [2.24, 2.45) is 5.92 Å². The number of carbonyl (C=O) groups excluding carboxylic acids is 1. The summed E-state index contributed by atoms with van der Waals surface area (Å²) < 4.78 is 5.07. The normalized spacial score (nSPS) is 12.3. The molecule has 0 heterocycles. The van der Waals surface area contributed by atoms with E-state index in [2.05, 4.69) is 17.6 Å². The first-order valence-electron chi connectivity index (χ1n) is 6.24. The Morgan fingerprint density at radius 2 is 2.06 bits per heavy atom. The molecule has 0 fully saturated rings. The molecule has 0 bridgehead atoms. The van der Waals surface area contributed by atoms with E-state index in [-0.39, 0.29) is 6.04 Å². The molecule has 1 aromatic rings. The van der Waals surface area contributed by atoms with Crippen molar-refractivity contribution in [3.05, 3.63) is 29.8 Å². The van der Waals surface area contributed by atoms with Crippen LogP contribution in [-0.4, -0.2) is 19.7 Å². The molecule has 1 amide bonds. The molecule has 1 atom stereocenters. The fraction of sp³-hybridized carbons (Fsp3) is 0.500. The van der Waals surface area contributed by atoms with Crippen LogP contribution in [0.2, 0.25) is 0 Å². The lowest BCUT2D eigenvalue weighted by Crippen LogP contribution is -2.17. The molecule has 18 heavy (non-hydrogen) atoms. The van der Waals surface area contributed by atoms with Crippen molar-refractivity contribution >= 4 is 11.8 Å². The summed E-state index contributed by atoms with van der Waals surface area (Å²) in [5, 5.41) is 5.89. The van der Waals surface area contributed by atoms with E-state index in [1.54, 1.807) is 0 Å². The molecule has 100 valence electrons. The van der Waals surface area contributed by atoms with Gasteiger partial charge in [0, 0.05) is 11.7 Å². The highest BCUT2D eigenvalue weighted by atomic mass is 16.5. The van der Waals surface area contributed by atoms with Gasteiger partial charge in [-0.1, -0.05) is 26.0 Å². The summed E-state index contributed by atoms with van der Waals surface area (Å²) in [6.45, 7) is 6.50. The predicted octanol–water partition coefficient (Wildman–Crippen LogP) is 3.17. The Morgan fingerprint density at radius 1 is 1.33 bits per heavy atom. The van der Waals surface area contributed by atoms with Crippen molar-refractivity contribution in [3.63, 3.8) is 0 Å². The highest BCUT2D eigenvalue weighted by molar-refractivity contribution is 5.84. The molecule has 0 saturated carbocycles. The zero-order valence-electron chi connectivity index (χ0n) is 11.5. The van der Waals surface area contributed by atoms with E-state index in [1.165, 1.54) is 0 Å². The van der Waals surface area contributed by atoms with Crippen LogP contribution in [0.15, 0.2) is 24.3 Å². The van der Waals surface area contributed by atoms with Crippen molar-refractivity contribution in [2.75, 3.05) is 19.0 Å².